The quantitative estimate of drug-likeness (QED) is 0.728. The summed E-state index contributed by atoms with van der Waals surface area (Å²) < 4.78 is 10.9. The number of nitrogens with zero attached hydrogens (tertiary/aromatic N) is 1. The van der Waals surface area contributed by atoms with Crippen LogP contribution in [0.1, 0.15) is 61.9 Å². The average molecular weight is 403 g/mol. The Hall–Kier alpha value is -2.08. The Morgan fingerprint density at radius 3 is 2.36 bits per heavy atom. The fourth-order valence-corrected chi connectivity index (χ4v) is 4.57. The van der Waals surface area contributed by atoms with Crippen LogP contribution in [0.15, 0.2) is 24.3 Å². The molecule has 1 aliphatic rings. The van der Waals surface area contributed by atoms with E-state index in [0.717, 1.165) is 12.8 Å². The summed E-state index contributed by atoms with van der Waals surface area (Å²) >= 11 is 1.62. The highest BCUT2D eigenvalue weighted by molar-refractivity contribution is 7.15. The number of methoxy groups -OCH3 is 1. The standard InChI is InChI=1S/C22H30N2O3S/c1-26-18-13-10-11-14-19(18)27-16-21(25)24-22-23-17-12-8-6-4-2-3-5-7-9-15-20(17)28-22/h10-11,13-14H,2-9,12,15-16H2,1H3,(H,23,24,25). The van der Waals surface area contributed by atoms with Gasteiger partial charge in [-0.1, -0.05) is 50.7 Å². The largest absolute Gasteiger partial charge is 0.493 e. The minimum absolute atomic E-state index is 0.0649. The molecule has 6 heteroatoms. The zero-order chi connectivity index (χ0) is 19.6. The van der Waals surface area contributed by atoms with E-state index in [0.29, 0.717) is 16.6 Å². The van der Waals surface area contributed by atoms with Gasteiger partial charge >= 0.3 is 0 Å². The second-order valence-electron chi connectivity index (χ2n) is 7.21. The summed E-state index contributed by atoms with van der Waals surface area (Å²) in [5.41, 5.74) is 1.17. The van der Waals surface area contributed by atoms with E-state index in [2.05, 4.69) is 5.32 Å². The highest BCUT2D eigenvalue weighted by Gasteiger charge is 2.14. The minimum atomic E-state index is -0.198. The molecule has 152 valence electrons. The van der Waals surface area contributed by atoms with Crippen molar-refractivity contribution in [1.29, 1.82) is 0 Å². The molecule has 0 atom stereocenters. The number of ether oxygens (including phenoxy) is 2. The molecule has 1 aromatic carbocycles. The van der Waals surface area contributed by atoms with Crippen LogP contribution in [-0.4, -0.2) is 24.6 Å². The van der Waals surface area contributed by atoms with Crippen molar-refractivity contribution in [2.24, 2.45) is 0 Å². The first-order valence-corrected chi connectivity index (χ1v) is 11.1. The fourth-order valence-electron chi connectivity index (χ4n) is 3.50. The molecule has 0 spiro atoms. The first-order chi connectivity index (χ1) is 13.8. The lowest BCUT2D eigenvalue weighted by Gasteiger charge is -2.09. The van der Waals surface area contributed by atoms with Crippen LogP contribution in [0.25, 0.3) is 0 Å². The number of aromatic nitrogens is 1. The molecule has 0 radical (unpaired) electrons. The Bertz CT molecular complexity index is 730. The molecule has 1 aliphatic carbocycles. The summed E-state index contributed by atoms with van der Waals surface area (Å²) in [6, 6.07) is 7.32. The number of aryl methyl sites for hydroxylation is 2. The summed E-state index contributed by atoms with van der Waals surface area (Å²) in [5.74, 6) is 0.980. The minimum Gasteiger partial charge on any atom is -0.493 e. The molecule has 2 aromatic rings. The molecule has 5 nitrogen and oxygen atoms in total. The summed E-state index contributed by atoms with van der Waals surface area (Å²) in [6.45, 7) is -0.0649. The first-order valence-electron chi connectivity index (χ1n) is 10.3. The lowest BCUT2D eigenvalue weighted by molar-refractivity contribution is -0.118. The van der Waals surface area contributed by atoms with Crippen LogP contribution < -0.4 is 14.8 Å². The van der Waals surface area contributed by atoms with Crippen molar-refractivity contribution in [1.82, 2.24) is 4.98 Å². The SMILES string of the molecule is COc1ccccc1OCC(=O)Nc1nc2c(s1)CCCCCCCCCC2. The molecule has 3 rings (SSSR count). The van der Waals surface area contributed by atoms with E-state index in [1.807, 2.05) is 18.2 Å². The van der Waals surface area contributed by atoms with E-state index in [1.165, 1.54) is 61.9 Å². The number of carbonyl (C=O) groups is 1. The van der Waals surface area contributed by atoms with E-state index in [1.54, 1.807) is 24.5 Å². The van der Waals surface area contributed by atoms with Crippen molar-refractivity contribution in [3.05, 3.63) is 34.8 Å². The highest BCUT2D eigenvalue weighted by atomic mass is 32.1. The van der Waals surface area contributed by atoms with Gasteiger partial charge in [0.15, 0.2) is 23.2 Å². The van der Waals surface area contributed by atoms with Gasteiger partial charge in [-0.2, -0.15) is 0 Å². The number of anilines is 1. The van der Waals surface area contributed by atoms with Crippen molar-refractivity contribution in [3.63, 3.8) is 0 Å². The van der Waals surface area contributed by atoms with Gasteiger partial charge in [-0.05, 0) is 37.8 Å². The van der Waals surface area contributed by atoms with Gasteiger partial charge in [0.05, 0.1) is 12.8 Å². The van der Waals surface area contributed by atoms with E-state index in [9.17, 15) is 4.79 Å². The normalized spacial score (nSPS) is 15.6. The van der Waals surface area contributed by atoms with Crippen LogP contribution in [0.3, 0.4) is 0 Å². The maximum atomic E-state index is 12.3. The van der Waals surface area contributed by atoms with Gasteiger partial charge in [-0.15, -0.1) is 11.3 Å². The number of hydrogen-bond donors (Lipinski definition) is 1. The van der Waals surface area contributed by atoms with Gasteiger partial charge in [0, 0.05) is 4.88 Å². The van der Waals surface area contributed by atoms with E-state index < -0.39 is 0 Å². The van der Waals surface area contributed by atoms with Crippen LogP contribution in [0.4, 0.5) is 5.13 Å². The zero-order valence-electron chi connectivity index (χ0n) is 16.7. The van der Waals surface area contributed by atoms with Crippen molar-refractivity contribution in [2.45, 2.75) is 64.2 Å². The topological polar surface area (TPSA) is 60.5 Å². The summed E-state index contributed by atoms with van der Waals surface area (Å²) in [6.07, 6.45) is 12.4. The average Bonchev–Trinajstić information content (AvgIpc) is 3.07. The lowest BCUT2D eigenvalue weighted by Crippen LogP contribution is -2.20. The van der Waals surface area contributed by atoms with Crippen LogP contribution in [0.5, 0.6) is 11.5 Å². The molecule has 0 fully saturated rings. The number of carbonyl (C=O) groups excluding carboxylic acids is 1. The number of amides is 1. The smallest absolute Gasteiger partial charge is 0.264 e. The van der Waals surface area contributed by atoms with Crippen LogP contribution in [-0.2, 0) is 17.6 Å². The molecule has 0 saturated carbocycles. The molecule has 1 aromatic heterocycles. The predicted octanol–water partition coefficient (Wildman–Crippen LogP) is 5.39. The van der Waals surface area contributed by atoms with E-state index in [-0.39, 0.29) is 12.5 Å². The molecule has 0 bridgehead atoms. The lowest BCUT2D eigenvalue weighted by atomic mass is 10.0. The summed E-state index contributed by atoms with van der Waals surface area (Å²) in [7, 11) is 1.59. The molecule has 1 N–H and O–H groups in total. The Morgan fingerprint density at radius 1 is 1.00 bits per heavy atom. The maximum absolute atomic E-state index is 12.3. The molecular formula is C22H30N2O3S. The second kappa shape index (κ2) is 11.1. The van der Waals surface area contributed by atoms with Crippen molar-refractivity contribution in [2.75, 3.05) is 19.0 Å². The Morgan fingerprint density at radius 2 is 1.64 bits per heavy atom. The predicted molar refractivity (Wildman–Crippen MR) is 114 cm³/mol. The molecule has 0 unspecified atom stereocenters. The maximum Gasteiger partial charge on any atom is 0.264 e. The molecule has 1 amide bonds. The van der Waals surface area contributed by atoms with Gasteiger partial charge in [0.25, 0.3) is 5.91 Å². The molecule has 0 saturated heterocycles. The number of benzene rings is 1. The second-order valence-corrected chi connectivity index (χ2v) is 8.29. The Balaban J connectivity index is 1.57. The fraction of sp³-hybridized carbons (Fsp3) is 0.545. The van der Waals surface area contributed by atoms with Gasteiger partial charge in [-0.3, -0.25) is 10.1 Å². The van der Waals surface area contributed by atoms with Crippen LogP contribution in [0.2, 0.25) is 0 Å². The zero-order valence-corrected chi connectivity index (χ0v) is 17.5. The molecule has 28 heavy (non-hydrogen) atoms. The number of rotatable bonds is 5. The number of nitrogens with one attached hydrogen (secondary N) is 1. The Kier molecular flexibility index (Phi) is 8.15. The van der Waals surface area contributed by atoms with Gasteiger partial charge in [0.1, 0.15) is 0 Å². The van der Waals surface area contributed by atoms with Crippen molar-refractivity contribution in [3.8, 4) is 11.5 Å². The van der Waals surface area contributed by atoms with Crippen molar-refractivity contribution < 1.29 is 14.3 Å². The molecular weight excluding hydrogens is 372 g/mol. The highest BCUT2D eigenvalue weighted by Crippen LogP contribution is 2.28. The summed E-state index contributed by atoms with van der Waals surface area (Å²) in [4.78, 5) is 18.4. The van der Waals surface area contributed by atoms with Crippen LogP contribution in [0, 0.1) is 0 Å². The van der Waals surface area contributed by atoms with Crippen molar-refractivity contribution >= 4 is 22.4 Å². The van der Waals surface area contributed by atoms with Gasteiger partial charge in [0.2, 0.25) is 0 Å². The number of hydrogen-bond acceptors (Lipinski definition) is 5. The third kappa shape index (κ3) is 6.23. The third-order valence-corrected chi connectivity index (χ3v) is 6.09. The van der Waals surface area contributed by atoms with Crippen LogP contribution >= 0.6 is 11.3 Å². The number of para-hydroxylation sites is 2. The van der Waals surface area contributed by atoms with E-state index in [4.69, 9.17) is 14.5 Å². The Labute approximate surface area is 171 Å². The number of fused-ring (bicyclic) bond motifs is 1. The first kappa shape index (κ1) is 20.6. The van der Waals surface area contributed by atoms with Gasteiger partial charge < -0.3 is 9.47 Å². The summed E-state index contributed by atoms with van der Waals surface area (Å²) in [5, 5.41) is 3.59. The third-order valence-electron chi connectivity index (χ3n) is 5.02. The number of thiazole rings is 1. The van der Waals surface area contributed by atoms with E-state index >= 15 is 0 Å². The molecule has 1 heterocycles. The monoisotopic (exact) mass is 402 g/mol. The van der Waals surface area contributed by atoms with Gasteiger partial charge in [-0.25, -0.2) is 4.98 Å². The molecule has 0 aliphatic heterocycles.